The fourth-order valence-corrected chi connectivity index (χ4v) is 2.97. The molecule has 128 valence electrons. The number of likely N-dealkylation sites (N-methyl/N-ethyl adjacent to an activating group) is 1. The third-order valence-corrected chi connectivity index (χ3v) is 4.46. The lowest BCUT2D eigenvalue weighted by molar-refractivity contribution is 0.0500. The van der Waals surface area contributed by atoms with Crippen LogP contribution >= 0.6 is 0 Å². The zero-order valence-corrected chi connectivity index (χ0v) is 13.7. The summed E-state index contributed by atoms with van der Waals surface area (Å²) in [4.78, 5) is 16.8. The van der Waals surface area contributed by atoms with E-state index in [9.17, 15) is 4.79 Å². The number of rotatable bonds is 5. The summed E-state index contributed by atoms with van der Waals surface area (Å²) in [5, 5.41) is 20.2. The van der Waals surface area contributed by atoms with Crippen molar-refractivity contribution in [2.45, 2.75) is 19.0 Å². The van der Waals surface area contributed by atoms with E-state index in [1.807, 2.05) is 36.2 Å². The van der Waals surface area contributed by atoms with Crippen LogP contribution in [0.2, 0.25) is 0 Å². The number of benzene rings is 1. The zero-order valence-electron chi connectivity index (χ0n) is 13.7. The number of aliphatic hydroxyl groups is 1. The molecule has 1 aliphatic rings. The first-order valence-corrected chi connectivity index (χ1v) is 8.07. The molecule has 3 rings (SSSR count). The minimum absolute atomic E-state index is 0.0417. The molecule has 0 aliphatic carbocycles. The van der Waals surface area contributed by atoms with Crippen molar-refractivity contribution < 1.29 is 9.90 Å². The Morgan fingerprint density at radius 1 is 1.29 bits per heavy atom. The summed E-state index contributed by atoms with van der Waals surface area (Å²) in [6.07, 6.45) is 2.25. The number of carbonyl (C=O) groups is 1. The van der Waals surface area contributed by atoms with E-state index in [0.29, 0.717) is 31.6 Å². The zero-order chi connectivity index (χ0) is 16.9. The lowest BCUT2D eigenvalue weighted by Gasteiger charge is -2.39. The maximum atomic E-state index is 12.7. The third-order valence-electron chi connectivity index (χ3n) is 4.46. The van der Waals surface area contributed by atoms with Gasteiger partial charge in [0.15, 0.2) is 0 Å². The molecule has 8 heteroatoms. The van der Waals surface area contributed by atoms with Gasteiger partial charge in [-0.2, -0.15) is 0 Å². The van der Waals surface area contributed by atoms with Crippen molar-refractivity contribution >= 4 is 5.91 Å². The van der Waals surface area contributed by atoms with E-state index in [1.165, 1.54) is 0 Å². The highest BCUT2D eigenvalue weighted by Crippen LogP contribution is 2.15. The van der Waals surface area contributed by atoms with E-state index >= 15 is 0 Å². The maximum Gasteiger partial charge on any atom is 0.253 e. The predicted octanol–water partition coefficient (Wildman–Crippen LogP) is -0.140. The van der Waals surface area contributed by atoms with Gasteiger partial charge in [-0.05, 0) is 41.6 Å². The average Bonchev–Trinajstić information content (AvgIpc) is 3.10. The van der Waals surface area contributed by atoms with Gasteiger partial charge < -0.3 is 10.0 Å². The Morgan fingerprint density at radius 2 is 2.08 bits per heavy atom. The quantitative estimate of drug-likeness (QED) is 0.821. The third kappa shape index (κ3) is 3.77. The molecule has 1 aromatic carbocycles. The van der Waals surface area contributed by atoms with Crippen LogP contribution in [0.15, 0.2) is 30.6 Å². The normalized spacial score (nSPS) is 18.8. The summed E-state index contributed by atoms with van der Waals surface area (Å²) in [7, 11) is 2.04. The molecule has 1 atom stereocenters. The fraction of sp³-hybridized carbons (Fsp3) is 0.500. The van der Waals surface area contributed by atoms with Crippen LogP contribution in [0.5, 0.6) is 0 Å². The Kier molecular flexibility index (Phi) is 5.17. The van der Waals surface area contributed by atoms with E-state index < -0.39 is 0 Å². The van der Waals surface area contributed by atoms with Crippen molar-refractivity contribution in [3.05, 3.63) is 41.7 Å². The van der Waals surface area contributed by atoms with Gasteiger partial charge in [-0.3, -0.25) is 9.69 Å². The second kappa shape index (κ2) is 7.50. The maximum absolute atomic E-state index is 12.7. The first-order chi connectivity index (χ1) is 11.7. The van der Waals surface area contributed by atoms with Gasteiger partial charge in [0.05, 0.1) is 6.54 Å². The second-order valence-electron chi connectivity index (χ2n) is 6.10. The number of amides is 1. The molecule has 1 fully saturated rings. The number of piperazine rings is 1. The highest BCUT2D eigenvalue weighted by molar-refractivity contribution is 5.94. The van der Waals surface area contributed by atoms with Gasteiger partial charge in [0, 0.05) is 37.8 Å². The first-order valence-electron chi connectivity index (χ1n) is 8.07. The molecule has 1 N–H and O–H groups in total. The van der Waals surface area contributed by atoms with Gasteiger partial charge in [0.2, 0.25) is 0 Å². The predicted molar refractivity (Wildman–Crippen MR) is 87.4 cm³/mol. The summed E-state index contributed by atoms with van der Waals surface area (Å²) >= 11 is 0. The summed E-state index contributed by atoms with van der Waals surface area (Å²) in [5.74, 6) is 0.0417. The van der Waals surface area contributed by atoms with Crippen LogP contribution in [0.1, 0.15) is 22.3 Å². The van der Waals surface area contributed by atoms with Gasteiger partial charge in [-0.1, -0.05) is 12.1 Å². The van der Waals surface area contributed by atoms with Crippen LogP contribution in [-0.4, -0.2) is 80.4 Å². The highest BCUT2D eigenvalue weighted by atomic mass is 16.3. The van der Waals surface area contributed by atoms with Gasteiger partial charge in [0.1, 0.15) is 6.33 Å². The van der Waals surface area contributed by atoms with Crippen LogP contribution in [0, 0.1) is 0 Å². The number of hydrogen-bond donors (Lipinski definition) is 1. The molecule has 1 amide bonds. The largest absolute Gasteiger partial charge is 0.396 e. The van der Waals surface area contributed by atoms with Crippen LogP contribution < -0.4 is 0 Å². The van der Waals surface area contributed by atoms with E-state index in [4.69, 9.17) is 5.11 Å². The van der Waals surface area contributed by atoms with Crippen molar-refractivity contribution in [1.29, 1.82) is 0 Å². The monoisotopic (exact) mass is 330 g/mol. The molecule has 0 radical (unpaired) electrons. The van der Waals surface area contributed by atoms with Crippen molar-refractivity contribution in [1.82, 2.24) is 30.0 Å². The van der Waals surface area contributed by atoms with E-state index in [2.05, 4.69) is 20.4 Å². The molecule has 1 saturated heterocycles. The fourth-order valence-electron chi connectivity index (χ4n) is 2.97. The van der Waals surface area contributed by atoms with Crippen molar-refractivity contribution in [2.75, 3.05) is 33.3 Å². The molecule has 1 aromatic heterocycles. The SMILES string of the molecule is CN1CCN(C(=O)c2ccc(Cn3cnnn3)cc2)C[C@H]1CCO. The summed E-state index contributed by atoms with van der Waals surface area (Å²) < 4.78 is 1.64. The summed E-state index contributed by atoms with van der Waals surface area (Å²) in [6.45, 7) is 2.91. The molecular weight excluding hydrogens is 308 g/mol. The summed E-state index contributed by atoms with van der Waals surface area (Å²) in [6, 6.07) is 7.77. The highest BCUT2D eigenvalue weighted by Gasteiger charge is 2.27. The Labute approximate surface area is 140 Å². The smallest absolute Gasteiger partial charge is 0.253 e. The van der Waals surface area contributed by atoms with Crippen molar-refractivity contribution in [3.63, 3.8) is 0 Å². The Morgan fingerprint density at radius 3 is 2.75 bits per heavy atom. The molecular formula is C16H22N6O2. The molecule has 2 heterocycles. The van der Waals surface area contributed by atoms with Crippen LogP contribution in [0.4, 0.5) is 0 Å². The average molecular weight is 330 g/mol. The Hall–Kier alpha value is -2.32. The Balaban J connectivity index is 1.64. The molecule has 0 bridgehead atoms. The molecule has 0 saturated carbocycles. The first kappa shape index (κ1) is 16.5. The van der Waals surface area contributed by atoms with Crippen molar-refractivity contribution in [3.8, 4) is 0 Å². The van der Waals surface area contributed by atoms with Gasteiger partial charge >= 0.3 is 0 Å². The van der Waals surface area contributed by atoms with Crippen LogP contribution in [-0.2, 0) is 6.54 Å². The molecule has 24 heavy (non-hydrogen) atoms. The molecule has 0 spiro atoms. The molecule has 2 aromatic rings. The van der Waals surface area contributed by atoms with E-state index in [1.54, 1.807) is 11.0 Å². The van der Waals surface area contributed by atoms with Crippen molar-refractivity contribution in [2.24, 2.45) is 0 Å². The van der Waals surface area contributed by atoms with Crippen LogP contribution in [0.3, 0.4) is 0 Å². The molecule has 8 nitrogen and oxygen atoms in total. The number of tetrazole rings is 1. The number of aromatic nitrogens is 4. The number of hydrogen-bond acceptors (Lipinski definition) is 6. The Bertz CT molecular complexity index is 658. The van der Waals surface area contributed by atoms with Crippen LogP contribution in [0.25, 0.3) is 0 Å². The number of nitrogens with zero attached hydrogens (tertiary/aromatic N) is 6. The lowest BCUT2D eigenvalue weighted by Crippen LogP contribution is -2.53. The van der Waals surface area contributed by atoms with E-state index in [-0.39, 0.29) is 18.6 Å². The second-order valence-corrected chi connectivity index (χ2v) is 6.10. The number of aliphatic hydroxyl groups excluding tert-OH is 1. The van der Waals surface area contributed by atoms with Gasteiger partial charge in [-0.15, -0.1) is 5.10 Å². The molecule has 0 unspecified atom stereocenters. The minimum atomic E-state index is 0.0417. The van der Waals surface area contributed by atoms with E-state index in [0.717, 1.165) is 12.1 Å². The topological polar surface area (TPSA) is 87.4 Å². The van der Waals surface area contributed by atoms with Gasteiger partial charge in [0.25, 0.3) is 5.91 Å². The minimum Gasteiger partial charge on any atom is -0.396 e. The summed E-state index contributed by atoms with van der Waals surface area (Å²) in [5.41, 5.74) is 1.72. The lowest BCUT2D eigenvalue weighted by atomic mass is 10.1. The van der Waals surface area contributed by atoms with Gasteiger partial charge in [-0.25, -0.2) is 4.68 Å². The number of carbonyl (C=O) groups excluding carboxylic acids is 1. The standard InChI is InChI=1S/C16H22N6O2/c1-20-7-8-21(11-15(20)6-9-23)16(24)14-4-2-13(3-5-14)10-22-12-17-18-19-22/h2-5,12,15,23H,6-11H2,1H3/t15-/m1/s1. The molecule has 1 aliphatic heterocycles.